The molecule has 0 saturated carbocycles. The maximum Gasteiger partial charge on any atom is 0.224 e. The molecule has 0 unspecified atom stereocenters. The fraction of sp³-hybridized carbons (Fsp3) is 0.300. The Balaban J connectivity index is 2.75. The van der Waals surface area contributed by atoms with Crippen molar-refractivity contribution in [1.82, 2.24) is 5.32 Å². The molecule has 76 valence electrons. The third-order valence-electron chi connectivity index (χ3n) is 1.85. The average Bonchev–Trinajstić information content (AvgIpc) is 2.12. The highest BCUT2D eigenvalue weighted by Crippen LogP contribution is 2.18. The number of nitrogens with two attached hydrogens (primary N) is 1. The predicted molar refractivity (Wildman–Crippen MR) is 54.9 cm³/mol. The van der Waals surface area contributed by atoms with Crippen LogP contribution in [0.25, 0.3) is 0 Å². The summed E-state index contributed by atoms with van der Waals surface area (Å²) in [6.07, 6.45) is 0.202. The van der Waals surface area contributed by atoms with Gasteiger partial charge in [0, 0.05) is 12.2 Å². The molecule has 1 rings (SSSR count). The fourth-order valence-electron chi connectivity index (χ4n) is 1.18. The summed E-state index contributed by atoms with van der Waals surface area (Å²) in [6, 6.07) is 4.59. The van der Waals surface area contributed by atoms with E-state index in [4.69, 9.17) is 5.73 Å². The Hall–Kier alpha value is -1.71. The van der Waals surface area contributed by atoms with Crippen molar-refractivity contribution in [1.29, 1.82) is 0 Å². The SMILES string of the molecule is CCNC(=O)Cc1cc(O)ccc1N. The normalized spacial score (nSPS) is 9.79. The summed E-state index contributed by atoms with van der Waals surface area (Å²) in [6.45, 7) is 2.45. The van der Waals surface area contributed by atoms with Gasteiger partial charge in [-0.15, -0.1) is 0 Å². The summed E-state index contributed by atoms with van der Waals surface area (Å²) >= 11 is 0. The van der Waals surface area contributed by atoms with Gasteiger partial charge in [-0.05, 0) is 30.7 Å². The lowest BCUT2D eigenvalue weighted by atomic mass is 10.1. The monoisotopic (exact) mass is 194 g/mol. The zero-order chi connectivity index (χ0) is 10.6. The van der Waals surface area contributed by atoms with E-state index >= 15 is 0 Å². The smallest absolute Gasteiger partial charge is 0.224 e. The highest BCUT2D eigenvalue weighted by Gasteiger charge is 2.05. The number of carbonyl (C=O) groups excluding carboxylic acids is 1. The first kappa shape index (κ1) is 10.4. The molecular formula is C10H14N2O2. The number of phenolic OH excluding ortho intramolecular Hbond substituents is 1. The molecule has 0 aliphatic heterocycles. The molecule has 0 heterocycles. The Morgan fingerprint density at radius 3 is 2.93 bits per heavy atom. The minimum Gasteiger partial charge on any atom is -0.508 e. The van der Waals surface area contributed by atoms with Gasteiger partial charge < -0.3 is 16.2 Å². The van der Waals surface area contributed by atoms with Crippen molar-refractivity contribution in [3.8, 4) is 5.75 Å². The zero-order valence-corrected chi connectivity index (χ0v) is 8.08. The number of amides is 1. The summed E-state index contributed by atoms with van der Waals surface area (Å²) < 4.78 is 0. The summed E-state index contributed by atoms with van der Waals surface area (Å²) in [5.41, 5.74) is 6.81. The van der Waals surface area contributed by atoms with Crippen LogP contribution in [0.5, 0.6) is 5.75 Å². The molecule has 4 nitrogen and oxygen atoms in total. The van der Waals surface area contributed by atoms with Gasteiger partial charge in [0.25, 0.3) is 0 Å². The molecule has 4 N–H and O–H groups in total. The molecule has 4 heteroatoms. The molecule has 0 aliphatic carbocycles. The molecular weight excluding hydrogens is 180 g/mol. The molecule has 0 bridgehead atoms. The Labute approximate surface area is 82.7 Å². The van der Waals surface area contributed by atoms with Gasteiger partial charge in [-0.2, -0.15) is 0 Å². The molecule has 0 aromatic heterocycles. The van der Waals surface area contributed by atoms with Crippen LogP contribution in [0.3, 0.4) is 0 Å². The second kappa shape index (κ2) is 4.50. The Bertz CT molecular complexity index is 337. The molecule has 1 aromatic carbocycles. The number of hydrogen-bond acceptors (Lipinski definition) is 3. The summed E-state index contributed by atoms with van der Waals surface area (Å²) in [5, 5.41) is 11.9. The van der Waals surface area contributed by atoms with Crippen LogP contribution in [0.4, 0.5) is 5.69 Å². The molecule has 0 atom stereocenters. The lowest BCUT2D eigenvalue weighted by Crippen LogP contribution is -2.24. The van der Waals surface area contributed by atoms with Crippen molar-refractivity contribution in [3.63, 3.8) is 0 Å². The van der Waals surface area contributed by atoms with E-state index in [1.165, 1.54) is 12.1 Å². The molecule has 0 radical (unpaired) electrons. The zero-order valence-electron chi connectivity index (χ0n) is 8.08. The number of nitrogen functional groups attached to an aromatic ring is 1. The van der Waals surface area contributed by atoms with Gasteiger partial charge in [0.2, 0.25) is 5.91 Å². The number of hydrogen-bond donors (Lipinski definition) is 3. The van der Waals surface area contributed by atoms with Crippen LogP contribution in [-0.2, 0) is 11.2 Å². The van der Waals surface area contributed by atoms with Gasteiger partial charge in [0.1, 0.15) is 5.75 Å². The maximum atomic E-state index is 11.2. The molecule has 0 aliphatic rings. The van der Waals surface area contributed by atoms with E-state index in [-0.39, 0.29) is 18.1 Å². The van der Waals surface area contributed by atoms with E-state index in [9.17, 15) is 9.90 Å². The quantitative estimate of drug-likeness (QED) is 0.488. The van der Waals surface area contributed by atoms with E-state index in [0.717, 1.165) is 0 Å². The standard InChI is InChI=1S/C10H14N2O2/c1-2-12-10(14)6-7-5-8(13)3-4-9(7)11/h3-5,13H,2,6,11H2,1H3,(H,12,14). The van der Waals surface area contributed by atoms with E-state index in [0.29, 0.717) is 17.8 Å². The second-order valence-corrected chi connectivity index (χ2v) is 3.01. The maximum absolute atomic E-state index is 11.2. The van der Waals surface area contributed by atoms with Crippen molar-refractivity contribution in [2.75, 3.05) is 12.3 Å². The number of anilines is 1. The number of phenols is 1. The Morgan fingerprint density at radius 2 is 2.29 bits per heavy atom. The number of likely N-dealkylation sites (N-methyl/N-ethyl adjacent to an activating group) is 1. The first-order valence-electron chi connectivity index (χ1n) is 4.47. The summed E-state index contributed by atoms with van der Waals surface area (Å²) in [4.78, 5) is 11.2. The topological polar surface area (TPSA) is 75.3 Å². The number of aromatic hydroxyl groups is 1. The highest BCUT2D eigenvalue weighted by atomic mass is 16.3. The van der Waals surface area contributed by atoms with Crippen molar-refractivity contribution < 1.29 is 9.90 Å². The van der Waals surface area contributed by atoms with Crippen LogP contribution in [-0.4, -0.2) is 17.6 Å². The molecule has 1 amide bonds. The van der Waals surface area contributed by atoms with Gasteiger partial charge in [-0.3, -0.25) is 4.79 Å². The fourth-order valence-corrected chi connectivity index (χ4v) is 1.18. The number of benzene rings is 1. The Kier molecular flexibility index (Phi) is 3.34. The average molecular weight is 194 g/mol. The van der Waals surface area contributed by atoms with Crippen LogP contribution in [0, 0.1) is 0 Å². The largest absolute Gasteiger partial charge is 0.508 e. The van der Waals surface area contributed by atoms with E-state index in [1.807, 2.05) is 6.92 Å². The van der Waals surface area contributed by atoms with Crippen molar-refractivity contribution >= 4 is 11.6 Å². The van der Waals surface area contributed by atoms with Crippen LogP contribution in [0.1, 0.15) is 12.5 Å². The lowest BCUT2D eigenvalue weighted by Gasteiger charge is -2.05. The van der Waals surface area contributed by atoms with E-state index in [1.54, 1.807) is 6.07 Å². The summed E-state index contributed by atoms with van der Waals surface area (Å²) in [5.74, 6) is 0.0308. The molecule has 0 fully saturated rings. The van der Waals surface area contributed by atoms with Gasteiger partial charge in [-0.1, -0.05) is 0 Å². The second-order valence-electron chi connectivity index (χ2n) is 3.01. The number of nitrogens with one attached hydrogen (secondary N) is 1. The van der Waals surface area contributed by atoms with Gasteiger partial charge >= 0.3 is 0 Å². The minimum atomic E-state index is -0.0928. The van der Waals surface area contributed by atoms with E-state index in [2.05, 4.69) is 5.32 Å². The van der Waals surface area contributed by atoms with Crippen LogP contribution in [0.2, 0.25) is 0 Å². The third kappa shape index (κ3) is 2.65. The van der Waals surface area contributed by atoms with Gasteiger partial charge in [-0.25, -0.2) is 0 Å². The van der Waals surface area contributed by atoms with E-state index < -0.39 is 0 Å². The minimum absolute atomic E-state index is 0.0928. The van der Waals surface area contributed by atoms with Gasteiger partial charge in [0.05, 0.1) is 6.42 Å². The highest BCUT2D eigenvalue weighted by molar-refractivity contribution is 5.80. The van der Waals surface area contributed by atoms with Crippen LogP contribution >= 0.6 is 0 Å². The van der Waals surface area contributed by atoms with Crippen molar-refractivity contribution in [2.24, 2.45) is 0 Å². The molecule has 14 heavy (non-hydrogen) atoms. The van der Waals surface area contributed by atoms with Gasteiger partial charge in [0.15, 0.2) is 0 Å². The Morgan fingerprint density at radius 1 is 1.57 bits per heavy atom. The number of rotatable bonds is 3. The predicted octanol–water partition coefficient (Wildman–Crippen LogP) is 0.653. The lowest BCUT2D eigenvalue weighted by molar-refractivity contribution is -0.120. The summed E-state index contributed by atoms with van der Waals surface area (Å²) in [7, 11) is 0. The third-order valence-corrected chi connectivity index (χ3v) is 1.85. The molecule has 1 aromatic rings. The first-order valence-corrected chi connectivity index (χ1v) is 4.47. The van der Waals surface area contributed by atoms with Crippen LogP contribution < -0.4 is 11.1 Å². The van der Waals surface area contributed by atoms with Crippen molar-refractivity contribution in [2.45, 2.75) is 13.3 Å². The van der Waals surface area contributed by atoms with Crippen molar-refractivity contribution in [3.05, 3.63) is 23.8 Å². The first-order chi connectivity index (χ1) is 6.63. The van der Waals surface area contributed by atoms with Crippen LogP contribution in [0.15, 0.2) is 18.2 Å². The molecule has 0 spiro atoms. The molecule has 0 saturated heterocycles. The number of carbonyl (C=O) groups is 1.